The number of nitrogens with zero attached hydrogens (tertiary/aromatic N) is 4. The van der Waals surface area contributed by atoms with Gasteiger partial charge in [0, 0.05) is 47.6 Å². The van der Waals surface area contributed by atoms with Gasteiger partial charge in [0.15, 0.2) is 5.13 Å². The second-order valence-corrected chi connectivity index (χ2v) is 8.96. The van der Waals surface area contributed by atoms with E-state index >= 15 is 0 Å². The van der Waals surface area contributed by atoms with Crippen LogP contribution in [-0.4, -0.2) is 33.0 Å². The van der Waals surface area contributed by atoms with Crippen molar-refractivity contribution in [3.63, 3.8) is 0 Å². The first-order valence-corrected chi connectivity index (χ1v) is 11.5. The zero-order valence-corrected chi connectivity index (χ0v) is 17.6. The van der Waals surface area contributed by atoms with Crippen molar-refractivity contribution in [2.24, 2.45) is 0 Å². The van der Waals surface area contributed by atoms with Crippen molar-refractivity contribution in [2.45, 2.75) is 6.42 Å². The van der Waals surface area contributed by atoms with Gasteiger partial charge in [-0.3, -0.25) is 0 Å². The SMILES string of the molecule is C1=C(c2cc3c(Nc4ccc5ncsc5c4)ccnc3[nH]2)CCN(c2nccs2)C1. The average molecular weight is 431 g/mol. The fraction of sp³-hybridized carbons (Fsp3) is 0.136. The summed E-state index contributed by atoms with van der Waals surface area (Å²) in [5, 5.41) is 7.77. The minimum Gasteiger partial charge on any atom is -0.355 e. The molecule has 6 nitrogen and oxygen atoms in total. The molecule has 0 amide bonds. The van der Waals surface area contributed by atoms with Crippen LogP contribution in [-0.2, 0) is 0 Å². The lowest BCUT2D eigenvalue weighted by Gasteiger charge is -2.25. The molecular weight excluding hydrogens is 412 g/mol. The van der Waals surface area contributed by atoms with Crippen LogP contribution in [0.1, 0.15) is 12.1 Å². The van der Waals surface area contributed by atoms with Crippen molar-refractivity contribution in [3.05, 3.63) is 65.4 Å². The Kier molecular flexibility index (Phi) is 4.24. The van der Waals surface area contributed by atoms with Crippen molar-refractivity contribution >= 4 is 66.0 Å². The molecule has 4 aromatic heterocycles. The first-order chi connectivity index (χ1) is 14.8. The number of aromatic amines is 1. The van der Waals surface area contributed by atoms with Crippen LogP contribution < -0.4 is 10.2 Å². The van der Waals surface area contributed by atoms with Gasteiger partial charge in [-0.05, 0) is 42.3 Å². The molecule has 1 aliphatic rings. The molecular formula is C22H18N6S2. The van der Waals surface area contributed by atoms with E-state index in [2.05, 4.69) is 60.5 Å². The quantitative estimate of drug-likeness (QED) is 0.385. The number of H-pyrrole nitrogens is 1. The van der Waals surface area contributed by atoms with Crippen LogP contribution in [0.3, 0.4) is 0 Å². The number of benzene rings is 1. The summed E-state index contributed by atoms with van der Waals surface area (Å²) in [6.45, 7) is 1.85. The van der Waals surface area contributed by atoms with Crippen LogP contribution in [0, 0.1) is 0 Å². The first kappa shape index (κ1) is 17.6. The highest BCUT2D eigenvalue weighted by molar-refractivity contribution is 7.16. The number of hydrogen-bond acceptors (Lipinski definition) is 7. The Balaban J connectivity index is 1.29. The molecule has 0 radical (unpaired) electrons. The van der Waals surface area contributed by atoms with Crippen LogP contribution in [0.25, 0.3) is 26.8 Å². The minimum absolute atomic E-state index is 0.881. The lowest BCUT2D eigenvalue weighted by Crippen LogP contribution is -2.28. The molecule has 5 aromatic rings. The van der Waals surface area contributed by atoms with Crippen molar-refractivity contribution < 1.29 is 0 Å². The Morgan fingerprint density at radius 1 is 1.03 bits per heavy atom. The van der Waals surface area contributed by atoms with E-state index in [1.54, 1.807) is 22.7 Å². The van der Waals surface area contributed by atoms with E-state index in [1.807, 2.05) is 29.4 Å². The van der Waals surface area contributed by atoms with Crippen LogP contribution in [0.5, 0.6) is 0 Å². The Hall–Kier alpha value is -3.23. The summed E-state index contributed by atoms with van der Waals surface area (Å²) in [7, 11) is 0. The molecule has 0 saturated heterocycles. The summed E-state index contributed by atoms with van der Waals surface area (Å²) in [4.78, 5) is 19.2. The molecule has 1 aromatic carbocycles. The van der Waals surface area contributed by atoms with E-state index < -0.39 is 0 Å². The Labute approximate surface area is 180 Å². The van der Waals surface area contributed by atoms with Crippen molar-refractivity contribution in [2.75, 3.05) is 23.3 Å². The van der Waals surface area contributed by atoms with E-state index in [-0.39, 0.29) is 0 Å². The number of aromatic nitrogens is 4. The number of thiazole rings is 2. The third-order valence-corrected chi connectivity index (χ3v) is 7.01. The van der Waals surface area contributed by atoms with Crippen LogP contribution in [0.15, 0.2) is 59.7 Å². The molecule has 0 spiro atoms. The molecule has 5 heterocycles. The summed E-state index contributed by atoms with van der Waals surface area (Å²) < 4.78 is 1.18. The van der Waals surface area contributed by atoms with Gasteiger partial charge < -0.3 is 15.2 Å². The van der Waals surface area contributed by atoms with Crippen molar-refractivity contribution in [3.8, 4) is 0 Å². The summed E-state index contributed by atoms with van der Waals surface area (Å²) in [5.74, 6) is 0. The molecule has 148 valence electrons. The zero-order valence-electron chi connectivity index (χ0n) is 16.0. The summed E-state index contributed by atoms with van der Waals surface area (Å²) in [5.41, 5.74) is 8.39. The van der Waals surface area contributed by atoms with Gasteiger partial charge in [0.05, 0.1) is 21.4 Å². The number of rotatable bonds is 4. The second-order valence-electron chi connectivity index (χ2n) is 7.20. The van der Waals surface area contributed by atoms with E-state index in [4.69, 9.17) is 0 Å². The van der Waals surface area contributed by atoms with E-state index in [0.717, 1.165) is 58.3 Å². The number of fused-ring (bicyclic) bond motifs is 2. The standard InChI is InChI=1S/C22H18N6S2/c1-2-18-20(30-13-25-18)11-15(1)26-17-3-6-23-21-16(17)12-19(27-21)14-4-8-28(9-5-14)22-24-7-10-29-22/h1-4,6-7,10-13H,5,8-9H2,(H2,23,26,27). The highest BCUT2D eigenvalue weighted by atomic mass is 32.1. The monoisotopic (exact) mass is 430 g/mol. The predicted molar refractivity (Wildman–Crippen MR) is 126 cm³/mol. The first-order valence-electron chi connectivity index (χ1n) is 9.75. The average Bonchev–Trinajstić information content (AvgIpc) is 3.53. The molecule has 0 saturated carbocycles. The molecule has 0 aliphatic carbocycles. The third kappa shape index (κ3) is 3.14. The van der Waals surface area contributed by atoms with E-state index in [1.165, 1.54) is 10.3 Å². The Bertz CT molecular complexity index is 1370. The molecule has 8 heteroatoms. The van der Waals surface area contributed by atoms with E-state index in [0.29, 0.717) is 0 Å². The Morgan fingerprint density at radius 2 is 2.03 bits per heavy atom. The number of hydrogen-bond donors (Lipinski definition) is 2. The normalized spacial score (nSPS) is 14.4. The molecule has 0 atom stereocenters. The molecule has 0 bridgehead atoms. The van der Waals surface area contributed by atoms with Gasteiger partial charge in [-0.15, -0.1) is 22.7 Å². The molecule has 6 rings (SSSR count). The fourth-order valence-electron chi connectivity index (χ4n) is 3.86. The summed E-state index contributed by atoms with van der Waals surface area (Å²) >= 11 is 3.34. The largest absolute Gasteiger partial charge is 0.355 e. The molecule has 2 N–H and O–H groups in total. The van der Waals surface area contributed by atoms with E-state index in [9.17, 15) is 0 Å². The summed E-state index contributed by atoms with van der Waals surface area (Å²) in [6.07, 6.45) is 6.98. The van der Waals surface area contributed by atoms with Gasteiger partial charge in [-0.25, -0.2) is 15.0 Å². The van der Waals surface area contributed by atoms with Crippen LogP contribution in [0.2, 0.25) is 0 Å². The zero-order chi connectivity index (χ0) is 19.9. The smallest absolute Gasteiger partial charge is 0.185 e. The number of pyridine rings is 1. The lowest BCUT2D eigenvalue weighted by molar-refractivity contribution is 0.826. The number of anilines is 3. The van der Waals surface area contributed by atoms with Gasteiger partial charge in [-0.2, -0.15) is 0 Å². The highest BCUT2D eigenvalue weighted by Crippen LogP contribution is 2.32. The van der Waals surface area contributed by atoms with Crippen LogP contribution >= 0.6 is 22.7 Å². The maximum atomic E-state index is 4.55. The van der Waals surface area contributed by atoms with Gasteiger partial charge >= 0.3 is 0 Å². The topological polar surface area (TPSA) is 69.7 Å². The fourth-order valence-corrected chi connectivity index (χ4v) is 5.25. The van der Waals surface area contributed by atoms with Gasteiger partial charge in [0.25, 0.3) is 0 Å². The minimum atomic E-state index is 0.881. The molecule has 0 fully saturated rings. The second kappa shape index (κ2) is 7.23. The molecule has 1 aliphatic heterocycles. The predicted octanol–water partition coefficient (Wildman–Crippen LogP) is 5.67. The maximum absolute atomic E-state index is 4.55. The lowest BCUT2D eigenvalue weighted by atomic mass is 10.1. The van der Waals surface area contributed by atoms with Gasteiger partial charge in [-0.1, -0.05) is 6.08 Å². The van der Waals surface area contributed by atoms with Crippen LogP contribution in [0.4, 0.5) is 16.5 Å². The third-order valence-electron chi connectivity index (χ3n) is 5.39. The van der Waals surface area contributed by atoms with Crippen molar-refractivity contribution in [1.29, 1.82) is 0 Å². The highest BCUT2D eigenvalue weighted by Gasteiger charge is 2.17. The number of nitrogens with one attached hydrogen (secondary N) is 2. The molecule has 30 heavy (non-hydrogen) atoms. The Morgan fingerprint density at radius 3 is 2.90 bits per heavy atom. The van der Waals surface area contributed by atoms with Gasteiger partial charge in [0.1, 0.15) is 5.65 Å². The van der Waals surface area contributed by atoms with Gasteiger partial charge in [0.2, 0.25) is 0 Å². The molecule has 0 unspecified atom stereocenters. The summed E-state index contributed by atoms with van der Waals surface area (Å²) in [6, 6.07) is 10.5. The van der Waals surface area contributed by atoms with Crippen molar-refractivity contribution in [1.82, 2.24) is 19.9 Å². The maximum Gasteiger partial charge on any atom is 0.185 e.